The van der Waals surface area contributed by atoms with E-state index in [1.165, 1.54) is 7.11 Å². The molecule has 1 aromatic heterocycles. The Hall–Kier alpha value is -1.49. The van der Waals surface area contributed by atoms with Crippen LogP contribution < -0.4 is 5.32 Å². The average Bonchev–Trinajstić information content (AvgIpc) is 2.66. The van der Waals surface area contributed by atoms with Gasteiger partial charge in [-0.15, -0.1) is 11.6 Å². The Morgan fingerprint density at radius 3 is 2.81 bits per heavy atom. The van der Waals surface area contributed by atoms with E-state index >= 15 is 0 Å². The fourth-order valence-electron chi connectivity index (χ4n) is 1.16. The maximum Gasteiger partial charge on any atom is 0.374 e. The summed E-state index contributed by atoms with van der Waals surface area (Å²) in [6, 6.07) is 1.67. The molecule has 0 aliphatic carbocycles. The summed E-state index contributed by atoms with van der Waals surface area (Å²) in [6.07, 6.45) is 0. The summed E-state index contributed by atoms with van der Waals surface area (Å²) in [5.41, 5.74) is 0.668. The molecular weight excluding hydrogens is 234 g/mol. The normalized spacial score (nSPS) is 9.94. The Morgan fingerprint density at radius 2 is 2.25 bits per heavy atom. The minimum atomic E-state index is -0.535. The van der Waals surface area contributed by atoms with Gasteiger partial charge in [-0.1, -0.05) is 0 Å². The molecule has 0 atom stereocenters. The van der Waals surface area contributed by atoms with Gasteiger partial charge in [0, 0.05) is 5.56 Å². The van der Waals surface area contributed by atoms with E-state index in [0.29, 0.717) is 11.3 Å². The van der Waals surface area contributed by atoms with Crippen molar-refractivity contribution >= 4 is 23.5 Å². The third-order valence-electron chi connectivity index (χ3n) is 1.92. The van der Waals surface area contributed by atoms with E-state index < -0.39 is 5.97 Å². The highest BCUT2D eigenvalue weighted by Crippen LogP contribution is 2.15. The second-order valence-electron chi connectivity index (χ2n) is 3.13. The highest BCUT2D eigenvalue weighted by molar-refractivity contribution is 6.27. The maximum atomic E-state index is 11.2. The predicted octanol–water partition coefficient (Wildman–Crippen LogP) is 1.23. The number of carbonyl (C=O) groups is 2. The lowest BCUT2D eigenvalue weighted by Gasteiger charge is -1.99. The SMILES string of the molecule is COC(=O)c1oc(CNC(=O)CCl)cc1C. The van der Waals surface area contributed by atoms with Gasteiger partial charge in [-0.05, 0) is 13.0 Å². The van der Waals surface area contributed by atoms with Crippen LogP contribution in [0.3, 0.4) is 0 Å². The molecule has 6 heteroatoms. The van der Waals surface area contributed by atoms with E-state index in [1.54, 1.807) is 13.0 Å². The van der Waals surface area contributed by atoms with E-state index in [1.807, 2.05) is 0 Å². The number of amides is 1. The quantitative estimate of drug-likeness (QED) is 0.640. The molecule has 0 saturated heterocycles. The molecule has 0 aliphatic rings. The summed E-state index contributed by atoms with van der Waals surface area (Å²) in [5, 5.41) is 2.53. The van der Waals surface area contributed by atoms with Gasteiger partial charge in [0.1, 0.15) is 11.6 Å². The smallest absolute Gasteiger partial charge is 0.374 e. The third-order valence-corrected chi connectivity index (χ3v) is 2.16. The van der Waals surface area contributed by atoms with Gasteiger partial charge in [0.15, 0.2) is 0 Å². The number of aryl methyl sites for hydroxylation is 1. The van der Waals surface area contributed by atoms with Crippen molar-refractivity contribution in [3.05, 3.63) is 23.2 Å². The molecule has 5 nitrogen and oxygen atoms in total. The van der Waals surface area contributed by atoms with Gasteiger partial charge < -0.3 is 14.5 Å². The fraction of sp³-hybridized carbons (Fsp3) is 0.400. The number of furan rings is 1. The van der Waals surface area contributed by atoms with E-state index in [2.05, 4.69) is 10.1 Å². The van der Waals surface area contributed by atoms with E-state index in [0.717, 1.165) is 0 Å². The van der Waals surface area contributed by atoms with Gasteiger partial charge in [-0.25, -0.2) is 4.79 Å². The standard InChI is InChI=1S/C10H12ClNO4/c1-6-3-7(5-12-8(13)4-11)16-9(6)10(14)15-2/h3H,4-5H2,1-2H3,(H,12,13). The molecular formula is C10H12ClNO4. The Bertz CT molecular complexity index is 400. The first-order valence-corrected chi connectivity index (χ1v) is 5.12. The monoisotopic (exact) mass is 245 g/mol. The minimum absolute atomic E-state index is 0.108. The summed E-state index contributed by atoms with van der Waals surface area (Å²) in [4.78, 5) is 22.1. The number of hydrogen-bond donors (Lipinski definition) is 1. The van der Waals surface area contributed by atoms with Crippen molar-refractivity contribution in [1.82, 2.24) is 5.32 Å². The zero-order valence-electron chi connectivity index (χ0n) is 9.00. The van der Waals surface area contributed by atoms with Crippen molar-refractivity contribution < 1.29 is 18.7 Å². The third kappa shape index (κ3) is 3.00. The molecule has 0 radical (unpaired) electrons. The van der Waals surface area contributed by atoms with Crippen molar-refractivity contribution in [3.63, 3.8) is 0 Å². The van der Waals surface area contributed by atoms with Gasteiger partial charge in [-0.2, -0.15) is 0 Å². The fourth-order valence-corrected chi connectivity index (χ4v) is 1.26. The highest BCUT2D eigenvalue weighted by Gasteiger charge is 2.16. The summed E-state index contributed by atoms with van der Waals surface area (Å²) >= 11 is 5.31. The van der Waals surface area contributed by atoms with Crippen molar-refractivity contribution in [2.24, 2.45) is 0 Å². The Balaban J connectivity index is 2.69. The number of alkyl halides is 1. The zero-order chi connectivity index (χ0) is 12.1. The second-order valence-corrected chi connectivity index (χ2v) is 3.39. The summed E-state index contributed by atoms with van der Waals surface area (Å²) in [5.74, 6) is -0.305. The van der Waals surface area contributed by atoms with Crippen LogP contribution in [-0.4, -0.2) is 24.9 Å². The zero-order valence-corrected chi connectivity index (χ0v) is 9.76. The van der Waals surface area contributed by atoms with Crippen LogP contribution in [0, 0.1) is 6.92 Å². The number of ether oxygens (including phenoxy) is 1. The number of hydrogen-bond acceptors (Lipinski definition) is 4. The Labute approximate surface area is 97.7 Å². The molecule has 0 bridgehead atoms. The lowest BCUT2D eigenvalue weighted by atomic mass is 10.2. The number of rotatable bonds is 4. The van der Waals surface area contributed by atoms with E-state index in [9.17, 15) is 9.59 Å². The largest absolute Gasteiger partial charge is 0.463 e. The van der Waals surface area contributed by atoms with Gasteiger partial charge in [-0.3, -0.25) is 4.79 Å². The second kappa shape index (κ2) is 5.55. The molecule has 88 valence electrons. The molecule has 1 heterocycles. The molecule has 1 N–H and O–H groups in total. The number of methoxy groups -OCH3 is 1. The molecule has 1 amide bonds. The summed E-state index contributed by atoms with van der Waals surface area (Å²) < 4.78 is 9.77. The number of esters is 1. The van der Waals surface area contributed by atoms with Gasteiger partial charge in [0.05, 0.1) is 13.7 Å². The van der Waals surface area contributed by atoms with Crippen LogP contribution in [-0.2, 0) is 16.1 Å². The highest BCUT2D eigenvalue weighted by atomic mass is 35.5. The first-order chi connectivity index (χ1) is 7.58. The molecule has 16 heavy (non-hydrogen) atoms. The molecule has 0 aliphatic heterocycles. The molecule has 0 aromatic carbocycles. The van der Waals surface area contributed by atoms with Crippen molar-refractivity contribution in [2.75, 3.05) is 13.0 Å². The molecule has 0 unspecified atom stereocenters. The molecule has 1 aromatic rings. The van der Waals surface area contributed by atoms with Crippen molar-refractivity contribution in [1.29, 1.82) is 0 Å². The molecule has 1 rings (SSSR count). The van der Waals surface area contributed by atoms with Crippen molar-refractivity contribution in [2.45, 2.75) is 13.5 Å². The van der Waals surface area contributed by atoms with Crippen LogP contribution in [0.25, 0.3) is 0 Å². The summed E-state index contributed by atoms with van der Waals surface area (Å²) in [6.45, 7) is 1.92. The molecule has 0 fully saturated rings. The number of halogens is 1. The van der Waals surface area contributed by atoms with Gasteiger partial charge in [0.2, 0.25) is 11.7 Å². The van der Waals surface area contributed by atoms with Gasteiger partial charge >= 0.3 is 5.97 Å². The van der Waals surface area contributed by atoms with Crippen LogP contribution in [0.4, 0.5) is 0 Å². The number of carbonyl (C=O) groups excluding carboxylic acids is 2. The van der Waals surface area contributed by atoms with Crippen LogP contribution in [0.2, 0.25) is 0 Å². The average molecular weight is 246 g/mol. The molecule has 0 spiro atoms. The topological polar surface area (TPSA) is 68.5 Å². The minimum Gasteiger partial charge on any atom is -0.463 e. The van der Waals surface area contributed by atoms with Crippen LogP contribution in [0.15, 0.2) is 10.5 Å². The number of nitrogens with one attached hydrogen (secondary N) is 1. The van der Waals surface area contributed by atoms with Crippen LogP contribution in [0.1, 0.15) is 21.9 Å². The van der Waals surface area contributed by atoms with Crippen molar-refractivity contribution in [3.8, 4) is 0 Å². The Kier molecular flexibility index (Phi) is 4.37. The lowest BCUT2D eigenvalue weighted by Crippen LogP contribution is -2.23. The predicted molar refractivity (Wildman–Crippen MR) is 57.4 cm³/mol. The molecule has 0 saturated carbocycles. The van der Waals surface area contributed by atoms with Crippen LogP contribution in [0.5, 0.6) is 0 Å². The van der Waals surface area contributed by atoms with E-state index in [4.69, 9.17) is 16.0 Å². The van der Waals surface area contributed by atoms with E-state index in [-0.39, 0.29) is 24.1 Å². The first-order valence-electron chi connectivity index (χ1n) is 4.58. The summed E-state index contributed by atoms with van der Waals surface area (Å²) in [7, 11) is 1.28. The van der Waals surface area contributed by atoms with Crippen LogP contribution >= 0.6 is 11.6 Å². The first kappa shape index (κ1) is 12.6. The Morgan fingerprint density at radius 1 is 1.56 bits per heavy atom. The maximum absolute atomic E-state index is 11.2. The lowest BCUT2D eigenvalue weighted by molar-refractivity contribution is -0.118. The van der Waals surface area contributed by atoms with Gasteiger partial charge in [0.25, 0.3) is 0 Å².